The zero-order valence-electron chi connectivity index (χ0n) is 9.43. The van der Waals surface area contributed by atoms with Gasteiger partial charge >= 0.3 is 0 Å². The Morgan fingerprint density at radius 1 is 1.38 bits per heavy atom. The fourth-order valence-corrected chi connectivity index (χ4v) is 2.79. The summed E-state index contributed by atoms with van der Waals surface area (Å²) in [5, 5.41) is 0. The van der Waals surface area contributed by atoms with E-state index in [-0.39, 0.29) is 0 Å². The highest BCUT2D eigenvalue weighted by Crippen LogP contribution is 2.45. The first-order chi connectivity index (χ1) is 5.99. The Labute approximate surface area is 82.2 Å². The fourth-order valence-electron chi connectivity index (χ4n) is 2.79. The molecule has 3 N–H and O–H groups in total. The van der Waals surface area contributed by atoms with Crippen molar-refractivity contribution < 1.29 is 0 Å². The van der Waals surface area contributed by atoms with Crippen LogP contribution in [0.3, 0.4) is 0 Å². The largest absolute Gasteiger partial charge is 0.271 e. The molecule has 1 aliphatic rings. The van der Waals surface area contributed by atoms with E-state index in [1.54, 1.807) is 0 Å². The fraction of sp³-hybridized carbons (Fsp3) is 1.00. The summed E-state index contributed by atoms with van der Waals surface area (Å²) in [5.41, 5.74) is 3.47. The lowest BCUT2D eigenvalue weighted by atomic mass is 9.74. The zero-order chi connectivity index (χ0) is 10.1. The van der Waals surface area contributed by atoms with Crippen LogP contribution in [0.2, 0.25) is 0 Å². The van der Waals surface area contributed by atoms with Crippen LogP contribution in [0.5, 0.6) is 0 Å². The summed E-state index contributed by atoms with van der Waals surface area (Å²) in [6, 6.07) is 0.484. The summed E-state index contributed by atoms with van der Waals surface area (Å²) in [4.78, 5) is 0. The number of hydrazine groups is 1. The Kier molecular flexibility index (Phi) is 3.36. The van der Waals surface area contributed by atoms with Crippen LogP contribution in [0.1, 0.15) is 47.0 Å². The van der Waals surface area contributed by atoms with Crippen LogP contribution in [0.25, 0.3) is 0 Å². The number of nitrogens with two attached hydrogens (primary N) is 1. The quantitative estimate of drug-likeness (QED) is 0.522. The molecule has 0 aromatic heterocycles. The third kappa shape index (κ3) is 2.23. The molecule has 0 amide bonds. The molecule has 0 radical (unpaired) electrons. The monoisotopic (exact) mass is 184 g/mol. The van der Waals surface area contributed by atoms with Crippen molar-refractivity contribution in [3.8, 4) is 0 Å². The first-order valence-corrected chi connectivity index (χ1v) is 5.45. The summed E-state index contributed by atoms with van der Waals surface area (Å²) >= 11 is 0. The van der Waals surface area contributed by atoms with Crippen molar-refractivity contribution >= 4 is 0 Å². The van der Waals surface area contributed by atoms with Crippen LogP contribution < -0.4 is 11.3 Å². The molecule has 0 heterocycles. The normalized spacial score (nSPS) is 29.5. The van der Waals surface area contributed by atoms with Crippen LogP contribution in [0, 0.1) is 17.3 Å². The number of hydrogen-bond acceptors (Lipinski definition) is 2. The Morgan fingerprint density at radius 2 is 2.00 bits per heavy atom. The topological polar surface area (TPSA) is 38.0 Å². The van der Waals surface area contributed by atoms with Crippen molar-refractivity contribution in [1.29, 1.82) is 0 Å². The second-order valence-electron chi connectivity index (χ2n) is 5.42. The minimum atomic E-state index is 0.474. The van der Waals surface area contributed by atoms with Gasteiger partial charge in [0.05, 0.1) is 0 Å². The van der Waals surface area contributed by atoms with Crippen LogP contribution in [-0.4, -0.2) is 6.04 Å². The molecule has 0 aromatic carbocycles. The molecule has 2 nitrogen and oxygen atoms in total. The highest BCUT2D eigenvalue weighted by Gasteiger charge is 2.39. The molecule has 0 aliphatic heterocycles. The summed E-state index contributed by atoms with van der Waals surface area (Å²) in [6.45, 7) is 9.24. The van der Waals surface area contributed by atoms with E-state index in [9.17, 15) is 0 Å². The van der Waals surface area contributed by atoms with Gasteiger partial charge in [-0.05, 0) is 30.1 Å². The Hall–Kier alpha value is -0.0800. The van der Waals surface area contributed by atoms with E-state index in [0.717, 1.165) is 5.92 Å². The minimum absolute atomic E-state index is 0.474. The third-order valence-corrected chi connectivity index (χ3v) is 3.68. The van der Waals surface area contributed by atoms with E-state index in [1.807, 2.05) is 0 Å². The van der Waals surface area contributed by atoms with Crippen molar-refractivity contribution in [2.45, 2.75) is 53.0 Å². The Balaban J connectivity index is 2.68. The molecule has 1 fully saturated rings. The third-order valence-electron chi connectivity index (χ3n) is 3.68. The number of rotatable bonds is 3. The van der Waals surface area contributed by atoms with E-state index < -0.39 is 0 Å². The maximum Gasteiger partial charge on any atom is 0.0266 e. The maximum absolute atomic E-state index is 5.62. The van der Waals surface area contributed by atoms with Gasteiger partial charge in [-0.1, -0.05) is 34.1 Å². The van der Waals surface area contributed by atoms with Gasteiger partial charge in [-0.2, -0.15) is 0 Å². The van der Waals surface area contributed by atoms with Gasteiger partial charge in [0.15, 0.2) is 0 Å². The Morgan fingerprint density at radius 3 is 2.31 bits per heavy atom. The van der Waals surface area contributed by atoms with E-state index in [1.165, 1.54) is 19.3 Å². The smallest absolute Gasteiger partial charge is 0.0266 e. The van der Waals surface area contributed by atoms with Gasteiger partial charge in [0.1, 0.15) is 0 Å². The molecule has 2 atom stereocenters. The van der Waals surface area contributed by atoms with E-state index in [0.29, 0.717) is 17.4 Å². The molecular weight excluding hydrogens is 160 g/mol. The van der Waals surface area contributed by atoms with Gasteiger partial charge in [0.2, 0.25) is 0 Å². The van der Waals surface area contributed by atoms with E-state index in [4.69, 9.17) is 5.84 Å². The van der Waals surface area contributed by atoms with Gasteiger partial charge in [-0.25, -0.2) is 0 Å². The molecule has 1 rings (SSSR count). The summed E-state index contributed by atoms with van der Waals surface area (Å²) < 4.78 is 0. The molecule has 1 saturated carbocycles. The second-order valence-corrected chi connectivity index (χ2v) is 5.42. The molecule has 13 heavy (non-hydrogen) atoms. The molecule has 78 valence electrons. The molecule has 2 unspecified atom stereocenters. The summed E-state index contributed by atoms with van der Waals surface area (Å²) in [6.07, 6.45) is 4.05. The first-order valence-electron chi connectivity index (χ1n) is 5.45. The standard InChI is InChI=1S/C11H24N2/c1-8(2)10(13-12)9-6-5-7-11(9,3)4/h8-10,13H,5-7,12H2,1-4H3. The van der Waals surface area contributed by atoms with E-state index >= 15 is 0 Å². The summed E-state index contributed by atoms with van der Waals surface area (Å²) in [7, 11) is 0. The predicted octanol–water partition coefficient (Wildman–Crippen LogP) is 2.30. The SMILES string of the molecule is CC(C)C(NN)C1CCCC1(C)C. The molecule has 0 spiro atoms. The lowest BCUT2D eigenvalue weighted by molar-refractivity contribution is 0.165. The van der Waals surface area contributed by atoms with Gasteiger partial charge < -0.3 is 0 Å². The lowest BCUT2D eigenvalue weighted by Crippen LogP contribution is -2.47. The number of hydrogen-bond donors (Lipinski definition) is 2. The highest BCUT2D eigenvalue weighted by atomic mass is 15.2. The zero-order valence-corrected chi connectivity index (χ0v) is 9.43. The lowest BCUT2D eigenvalue weighted by Gasteiger charge is -2.36. The van der Waals surface area contributed by atoms with Crippen LogP contribution in [0.4, 0.5) is 0 Å². The van der Waals surface area contributed by atoms with Crippen LogP contribution >= 0.6 is 0 Å². The van der Waals surface area contributed by atoms with Crippen LogP contribution in [-0.2, 0) is 0 Å². The molecular formula is C11H24N2. The molecule has 2 heteroatoms. The maximum atomic E-state index is 5.62. The molecule has 0 aromatic rings. The van der Waals surface area contributed by atoms with E-state index in [2.05, 4.69) is 33.1 Å². The number of nitrogens with one attached hydrogen (secondary N) is 1. The van der Waals surface area contributed by atoms with Gasteiger partial charge in [-0.3, -0.25) is 11.3 Å². The average molecular weight is 184 g/mol. The van der Waals surface area contributed by atoms with Gasteiger partial charge in [-0.15, -0.1) is 0 Å². The van der Waals surface area contributed by atoms with Crippen molar-refractivity contribution in [3.05, 3.63) is 0 Å². The summed E-state index contributed by atoms with van der Waals surface area (Å²) in [5.74, 6) is 7.00. The van der Waals surface area contributed by atoms with Crippen molar-refractivity contribution in [3.63, 3.8) is 0 Å². The predicted molar refractivity (Wildman–Crippen MR) is 57.1 cm³/mol. The van der Waals surface area contributed by atoms with Crippen molar-refractivity contribution in [2.75, 3.05) is 0 Å². The molecule has 1 aliphatic carbocycles. The average Bonchev–Trinajstić information content (AvgIpc) is 2.32. The first kappa shape index (κ1) is 11.0. The molecule has 0 saturated heterocycles. The second kappa shape index (κ2) is 3.97. The van der Waals surface area contributed by atoms with Crippen molar-refractivity contribution in [1.82, 2.24) is 5.43 Å². The van der Waals surface area contributed by atoms with Gasteiger partial charge in [0.25, 0.3) is 0 Å². The Bertz CT molecular complexity index is 163. The highest BCUT2D eigenvalue weighted by molar-refractivity contribution is 4.92. The minimum Gasteiger partial charge on any atom is -0.271 e. The van der Waals surface area contributed by atoms with Crippen molar-refractivity contribution in [2.24, 2.45) is 23.1 Å². The van der Waals surface area contributed by atoms with Crippen LogP contribution in [0.15, 0.2) is 0 Å². The molecule has 0 bridgehead atoms. The van der Waals surface area contributed by atoms with Gasteiger partial charge in [0, 0.05) is 6.04 Å².